The zero-order valence-electron chi connectivity index (χ0n) is 11.9. The molecule has 0 heterocycles. The monoisotopic (exact) mass is 248 g/mol. The van der Waals surface area contributed by atoms with E-state index >= 15 is 0 Å². The average molecular weight is 248 g/mol. The van der Waals surface area contributed by atoms with Crippen LogP contribution in [0.5, 0.6) is 0 Å². The number of rotatable bonds is 0. The van der Waals surface area contributed by atoms with E-state index < -0.39 is 0 Å². The lowest BCUT2D eigenvalue weighted by molar-refractivity contribution is 1.27. The van der Waals surface area contributed by atoms with Crippen molar-refractivity contribution in [2.24, 2.45) is 0 Å². The van der Waals surface area contributed by atoms with Gasteiger partial charge in [0.25, 0.3) is 0 Å². The zero-order chi connectivity index (χ0) is 13.7. The van der Waals surface area contributed by atoms with Crippen LogP contribution >= 0.6 is 0 Å². The maximum Gasteiger partial charge on any atom is -0.0184 e. The molecule has 0 radical (unpaired) electrons. The van der Waals surface area contributed by atoms with E-state index in [1.54, 1.807) is 0 Å². The van der Waals surface area contributed by atoms with Gasteiger partial charge in [0, 0.05) is 0 Å². The predicted molar refractivity (Wildman–Crippen MR) is 84.6 cm³/mol. The van der Waals surface area contributed by atoms with Crippen LogP contribution in [0.25, 0.3) is 10.8 Å². The van der Waals surface area contributed by atoms with Crippen LogP contribution in [0.2, 0.25) is 0 Å². The first-order chi connectivity index (χ1) is 9.18. The lowest BCUT2D eigenvalue weighted by atomic mass is 10.1. The molecule has 96 valence electrons. The van der Waals surface area contributed by atoms with Crippen LogP contribution < -0.4 is 0 Å². The van der Waals surface area contributed by atoms with Gasteiger partial charge in [-0.25, -0.2) is 0 Å². The highest BCUT2D eigenvalue weighted by Gasteiger charge is 1.91. The third-order valence-electron chi connectivity index (χ3n) is 3.53. The summed E-state index contributed by atoms with van der Waals surface area (Å²) < 4.78 is 0. The van der Waals surface area contributed by atoms with E-state index in [2.05, 4.69) is 87.5 Å². The van der Waals surface area contributed by atoms with Crippen LogP contribution in [0.1, 0.15) is 16.7 Å². The lowest BCUT2D eigenvalue weighted by Gasteiger charge is -2.00. The van der Waals surface area contributed by atoms with Crippen molar-refractivity contribution >= 4 is 10.8 Å². The average Bonchev–Trinajstić information content (AvgIpc) is 2.45. The normalized spacial score (nSPS) is 9.84. The second kappa shape index (κ2) is 6.19. The summed E-state index contributed by atoms with van der Waals surface area (Å²) in [4.78, 5) is 0. The summed E-state index contributed by atoms with van der Waals surface area (Å²) >= 11 is 0. The Morgan fingerprint density at radius 1 is 0.474 bits per heavy atom. The highest BCUT2D eigenvalue weighted by molar-refractivity contribution is 5.81. The minimum absolute atomic E-state index is 1.31. The van der Waals surface area contributed by atoms with Gasteiger partial charge in [0.2, 0.25) is 0 Å². The molecule has 0 saturated heterocycles. The topological polar surface area (TPSA) is 0 Å². The number of aryl methyl sites for hydroxylation is 2. The van der Waals surface area contributed by atoms with Gasteiger partial charge >= 0.3 is 0 Å². The molecular formula is C19H20. The van der Waals surface area contributed by atoms with Gasteiger partial charge in [-0.2, -0.15) is 0 Å². The quantitative estimate of drug-likeness (QED) is 0.496. The van der Waals surface area contributed by atoms with Gasteiger partial charge in [-0.05, 0) is 48.2 Å². The lowest BCUT2D eigenvalue weighted by Crippen LogP contribution is -1.82. The number of hydrogen-bond donors (Lipinski definition) is 0. The van der Waals surface area contributed by atoms with Crippen molar-refractivity contribution in [1.29, 1.82) is 0 Å². The van der Waals surface area contributed by atoms with Gasteiger partial charge in [-0.15, -0.1) is 0 Å². The molecule has 0 nitrogen and oxygen atoms in total. The summed E-state index contributed by atoms with van der Waals surface area (Å²) in [6.07, 6.45) is 0. The molecule has 0 aliphatic heterocycles. The van der Waals surface area contributed by atoms with Crippen molar-refractivity contribution in [3.63, 3.8) is 0 Å². The molecule has 0 atom stereocenters. The third-order valence-corrected chi connectivity index (χ3v) is 3.53. The maximum absolute atomic E-state index is 2.16. The molecule has 0 aliphatic carbocycles. The molecule has 0 spiro atoms. The van der Waals surface area contributed by atoms with Crippen LogP contribution in [-0.2, 0) is 0 Å². The highest BCUT2D eigenvalue weighted by atomic mass is 14.0. The first-order valence-corrected chi connectivity index (χ1v) is 6.65. The molecule has 0 heteroatoms. The van der Waals surface area contributed by atoms with E-state index in [-0.39, 0.29) is 0 Å². The maximum atomic E-state index is 2.16. The Labute approximate surface area is 115 Å². The van der Waals surface area contributed by atoms with Crippen molar-refractivity contribution in [2.75, 3.05) is 0 Å². The smallest absolute Gasteiger partial charge is 0.0184 e. The molecule has 3 rings (SSSR count). The highest BCUT2D eigenvalue weighted by Crippen LogP contribution is 2.11. The van der Waals surface area contributed by atoms with Crippen LogP contribution in [0.3, 0.4) is 0 Å². The largest absolute Gasteiger partial charge is 0.0617 e. The van der Waals surface area contributed by atoms with Gasteiger partial charge in [0.15, 0.2) is 0 Å². The van der Waals surface area contributed by atoms with E-state index in [9.17, 15) is 0 Å². The Kier molecular flexibility index (Phi) is 4.35. The minimum Gasteiger partial charge on any atom is -0.0617 e. The summed E-state index contributed by atoms with van der Waals surface area (Å²) in [5.41, 5.74) is 4.18. The minimum atomic E-state index is 1.31. The van der Waals surface area contributed by atoms with Crippen molar-refractivity contribution in [2.45, 2.75) is 20.8 Å². The number of fused-ring (bicyclic) bond motifs is 1. The van der Waals surface area contributed by atoms with Gasteiger partial charge in [-0.3, -0.25) is 0 Å². The molecule has 19 heavy (non-hydrogen) atoms. The van der Waals surface area contributed by atoms with Gasteiger partial charge in [0.05, 0.1) is 0 Å². The molecule has 0 amide bonds. The fourth-order valence-electron chi connectivity index (χ4n) is 2.03. The van der Waals surface area contributed by atoms with E-state index in [0.717, 1.165) is 0 Å². The van der Waals surface area contributed by atoms with Crippen LogP contribution in [0, 0.1) is 20.8 Å². The Bertz CT molecular complexity index is 580. The van der Waals surface area contributed by atoms with Crippen molar-refractivity contribution < 1.29 is 0 Å². The van der Waals surface area contributed by atoms with E-state index in [1.165, 1.54) is 27.5 Å². The number of hydrogen-bond acceptors (Lipinski definition) is 0. The van der Waals surface area contributed by atoms with E-state index in [1.807, 2.05) is 0 Å². The standard InChI is InChI=1S/C10H8.C9H12/c1-2-6-10-8-4-3-7-9(10)5-1;1-7-5-4-6-8(2)9(7)3/h1-8H;4-6H,1-3H3. The molecule has 0 aromatic heterocycles. The van der Waals surface area contributed by atoms with Gasteiger partial charge < -0.3 is 0 Å². The predicted octanol–water partition coefficient (Wildman–Crippen LogP) is 5.45. The summed E-state index contributed by atoms with van der Waals surface area (Å²) in [7, 11) is 0. The summed E-state index contributed by atoms with van der Waals surface area (Å²) in [5, 5.41) is 2.62. The molecule has 0 aliphatic rings. The molecule has 0 N–H and O–H groups in total. The molecule has 3 aromatic rings. The summed E-state index contributed by atoms with van der Waals surface area (Å²) in [5.74, 6) is 0. The Balaban J connectivity index is 0.000000141. The first-order valence-electron chi connectivity index (χ1n) is 6.65. The summed E-state index contributed by atoms with van der Waals surface area (Å²) in [6.45, 7) is 6.44. The van der Waals surface area contributed by atoms with Crippen LogP contribution in [-0.4, -0.2) is 0 Å². The Morgan fingerprint density at radius 2 is 0.842 bits per heavy atom. The molecule has 0 bridgehead atoms. The molecular weight excluding hydrogens is 228 g/mol. The Morgan fingerprint density at radius 3 is 1.16 bits per heavy atom. The molecule has 3 aromatic carbocycles. The van der Waals surface area contributed by atoms with Crippen molar-refractivity contribution in [1.82, 2.24) is 0 Å². The van der Waals surface area contributed by atoms with Crippen molar-refractivity contribution in [3.05, 3.63) is 83.4 Å². The second-order valence-corrected chi connectivity index (χ2v) is 4.86. The number of benzene rings is 3. The van der Waals surface area contributed by atoms with E-state index in [4.69, 9.17) is 0 Å². The third kappa shape index (κ3) is 3.45. The van der Waals surface area contributed by atoms with Crippen LogP contribution in [0.4, 0.5) is 0 Å². The second-order valence-electron chi connectivity index (χ2n) is 4.86. The fourth-order valence-corrected chi connectivity index (χ4v) is 2.03. The SMILES string of the molecule is Cc1cccc(C)c1C.c1ccc2ccccc2c1. The first kappa shape index (κ1) is 13.4. The van der Waals surface area contributed by atoms with Gasteiger partial charge in [0.1, 0.15) is 0 Å². The van der Waals surface area contributed by atoms with Gasteiger partial charge in [-0.1, -0.05) is 66.7 Å². The summed E-state index contributed by atoms with van der Waals surface area (Å²) in [6, 6.07) is 23.1. The van der Waals surface area contributed by atoms with Crippen molar-refractivity contribution in [3.8, 4) is 0 Å². The fraction of sp³-hybridized carbons (Fsp3) is 0.158. The zero-order valence-corrected chi connectivity index (χ0v) is 11.9. The van der Waals surface area contributed by atoms with E-state index in [0.29, 0.717) is 0 Å². The van der Waals surface area contributed by atoms with Crippen LogP contribution in [0.15, 0.2) is 66.7 Å². The Hall–Kier alpha value is -2.08. The molecule has 0 fully saturated rings. The molecule has 0 saturated carbocycles. The molecule has 0 unspecified atom stereocenters.